The maximum absolute atomic E-state index is 11.2. The third-order valence-electron chi connectivity index (χ3n) is 3.27. The lowest BCUT2D eigenvalue weighted by Crippen LogP contribution is -2.28. The summed E-state index contributed by atoms with van der Waals surface area (Å²) < 4.78 is 0. The Labute approximate surface area is 105 Å². The molecule has 0 bridgehead atoms. The number of anilines is 2. The van der Waals surface area contributed by atoms with Crippen molar-refractivity contribution in [3.05, 3.63) is 15.8 Å². The molecule has 98 valence electrons. The summed E-state index contributed by atoms with van der Waals surface area (Å²) in [4.78, 5) is 21.1. The van der Waals surface area contributed by atoms with Gasteiger partial charge in [0.25, 0.3) is 0 Å². The monoisotopic (exact) mass is 251 g/mol. The van der Waals surface area contributed by atoms with Gasteiger partial charge in [-0.3, -0.25) is 10.1 Å². The van der Waals surface area contributed by atoms with Crippen molar-refractivity contribution in [2.75, 3.05) is 23.8 Å². The van der Waals surface area contributed by atoms with Gasteiger partial charge in [0.05, 0.1) is 4.92 Å². The summed E-state index contributed by atoms with van der Waals surface area (Å²) in [5.74, 6) is 0.856. The Bertz CT molecular complexity index is 477. The average Bonchev–Trinajstić information content (AvgIpc) is 2.73. The molecule has 1 saturated heterocycles. The summed E-state index contributed by atoms with van der Waals surface area (Å²) in [6, 6.07) is 0.280. The second-order valence-electron chi connectivity index (χ2n) is 4.50. The first-order valence-electron chi connectivity index (χ1n) is 6.02. The first-order valence-corrected chi connectivity index (χ1v) is 6.02. The summed E-state index contributed by atoms with van der Waals surface area (Å²) in [5.41, 5.74) is 0.413. The Balaban J connectivity index is 2.54. The molecule has 1 aliphatic rings. The topological polar surface area (TPSA) is 84.2 Å². The van der Waals surface area contributed by atoms with E-state index in [1.165, 1.54) is 0 Å². The molecular weight excluding hydrogens is 234 g/mol. The van der Waals surface area contributed by atoms with Gasteiger partial charge >= 0.3 is 5.69 Å². The molecule has 1 aromatic heterocycles. The number of aromatic nitrogens is 2. The van der Waals surface area contributed by atoms with Crippen molar-refractivity contribution in [1.29, 1.82) is 0 Å². The number of nitrogens with one attached hydrogen (secondary N) is 1. The summed E-state index contributed by atoms with van der Waals surface area (Å²) in [7, 11) is 1.71. The Kier molecular flexibility index (Phi) is 3.31. The molecule has 7 heteroatoms. The third kappa shape index (κ3) is 2.07. The van der Waals surface area contributed by atoms with Crippen molar-refractivity contribution in [3.8, 4) is 0 Å². The Morgan fingerprint density at radius 3 is 2.72 bits per heavy atom. The van der Waals surface area contributed by atoms with Gasteiger partial charge in [-0.1, -0.05) is 0 Å². The van der Waals surface area contributed by atoms with E-state index in [1.807, 2.05) is 4.90 Å². The molecule has 0 aliphatic carbocycles. The van der Waals surface area contributed by atoms with Crippen LogP contribution in [-0.2, 0) is 0 Å². The molecule has 0 spiro atoms. The molecule has 2 heterocycles. The van der Waals surface area contributed by atoms with Crippen LogP contribution in [0.1, 0.15) is 25.5 Å². The van der Waals surface area contributed by atoms with Gasteiger partial charge in [-0.2, -0.15) is 4.98 Å². The van der Waals surface area contributed by atoms with Gasteiger partial charge in [-0.15, -0.1) is 0 Å². The molecule has 0 saturated carbocycles. The van der Waals surface area contributed by atoms with Crippen molar-refractivity contribution in [3.63, 3.8) is 0 Å². The van der Waals surface area contributed by atoms with E-state index in [0.717, 1.165) is 19.4 Å². The lowest BCUT2D eigenvalue weighted by atomic mass is 10.2. The van der Waals surface area contributed by atoms with Gasteiger partial charge in [0.2, 0.25) is 11.8 Å². The summed E-state index contributed by atoms with van der Waals surface area (Å²) in [6.07, 6.45) is 2.07. The molecule has 1 unspecified atom stereocenters. The largest absolute Gasteiger partial charge is 0.357 e. The lowest BCUT2D eigenvalue weighted by Gasteiger charge is -2.22. The third-order valence-corrected chi connectivity index (χ3v) is 3.27. The van der Waals surface area contributed by atoms with Crippen LogP contribution in [0.15, 0.2) is 0 Å². The maximum Gasteiger partial charge on any atom is 0.332 e. The summed E-state index contributed by atoms with van der Waals surface area (Å²) in [6.45, 7) is 4.51. The number of rotatable bonds is 3. The highest BCUT2D eigenvalue weighted by molar-refractivity contribution is 5.63. The zero-order valence-electron chi connectivity index (χ0n) is 10.8. The van der Waals surface area contributed by atoms with Crippen LogP contribution in [0.4, 0.5) is 17.5 Å². The standard InChI is InChI=1S/C11H17N5O2/c1-7-5-4-6-15(7)10-9(16(17)18)8(2)13-11(12-3)14-10/h7H,4-6H2,1-3H3,(H,12,13,14). The molecule has 1 aromatic rings. The molecule has 0 radical (unpaired) electrons. The Hall–Kier alpha value is -1.92. The molecule has 0 aromatic carbocycles. The second kappa shape index (κ2) is 4.75. The van der Waals surface area contributed by atoms with Crippen LogP contribution >= 0.6 is 0 Å². The predicted octanol–water partition coefficient (Wildman–Crippen LogP) is 1.72. The molecule has 18 heavy (non-hydrogen) atoms. The van der Waals surface area contributed by atoms with E-state index in [1.54, 1.807) is 14.0 Å². The van der Waals surface area contributed by atoms with Crippen LogP contribution in [0, 0.1) is 17.0 Å². The first kappa shape index (κ1) is 12.5. The zero-order chi connectivity index (χ0) is 13.3. The van der Waals surface area contributed by atoms with E-state index in [9.17, 15) is 10.1 Å². The average molecular weight is 251 g/mol. The number of hydrogen-bond donors (Lipinski definition) is 1. The maximum atomic E-state index is 11.2. The summed E-state index contributed by atoms with van der Waals surface area (Å²) in [5, 5.41) is 14.0. The van der Waals surface area contributed by atoms with Crippen molar-refractivity contribution in [1.82, 2.24) is 9.97 Å². The number of nitrogens with zero attached hydrogens (tertiary/aromatic N) is 4. The molecule has 2 rings (SSSR count). The van der Waals surface area contributed by atoms with Gasteiger partial charge in [0.1, 0.15) is 5.69 Å². The van der Waals surface area contributed by atoms with E-state index in [4.69, 9.17) is 0 Å². The first-order chi connectivity index (χ1) is 8.54. The minimum absolute atomic E-state index is 0.0164. The van der Waals surface area contributed by atoms with Crippen LogP contribution in [0.5, 0.6) is 0 Å². The normalized spacial score (nSPS) is 19.1. The molecule has 1 N–H and O–H groups in total. The number of nitro groups is 1. The molecule has 7 nitrogen and oxygen atoms in total. The van der Waals surface area contributed by atoms with Crippen molar-refractivity contribution < 1.29 is 4.92 Å². The van der Waals surface area contributed by atoms with Gasteiger partial charge < -0.3 is 10.2 Å². The molecular formula is C11H17N5O2. The van der Waals surface area contributed by atoms with Crippen LogP contribution < -0.4 is 10.2 Å². The van der Waals surface area contributed by atoms with Gasteiger partial charge in [0, 0.05) is 19.6 Å². The van der Waals surface area contributed by atoms with Crippen molar-refractivity contribution >= 4 is 17.5 Å². The quantitative estimate of drug-likeness (QED) is 0.650. The van der Waals surface area contributed by atoms with Gasteiger partial charge in [-0.05, 0) is 26.7 Å². The van der Waals surface area contributed by atoms with E-state index >= 15 is 0 Å². The highest BCUT2D eigenvalue weighted by atomic mass is 16.6. The van der Waals surface area contributed by atoms with Crippen molar-refractivity contribution in [2.45, 2.75) is 32.7 Å². The minimum Gasteiger partial charge on any atom is -0.357 e. The van der Waals surface area contributed by atoms with Crippen LogP contribution in [0.2, 0.25) is 0 Å². The minimum atomic E-state index is -0.394. The van der Waals surface area contributed by atoms with Crippen molar-refractivity contribution in [2.24, 2.45) is 0 Å². The highest BCUT2D eigenvalue weighted by Gasteiger charge is 2.31. The van der Waals surface area contributed by atoms with Crippen LogP contribution in [0.3, 0.4) is 0 Å². The second-order valence-corrected chi connectivity index (χ2v) is 4.50. The highest BCUT2D eigenvalue weighted by Crippen LogP contribution is 2.34. The Morgan fingerprint density at radius 1 is 1.50 bits per heavy atom. The fraction of sp³-hybridized carbons (Fsp3) is 0.636. The fourth-order valence-electron chi connectivity index (χ4n) is 2.33. The van der Waals surface area contributed by atoms with E-state index < -0.39 is 4.92 Å². The van der Waals surface area contributed by atoms with E-state index in [-0.39, 0.29) is 11.7 Å². The SMILES string of the molecule is CNc1nc(C)c([N+](=O)[O-])c(N2CCCC2C)n1. The smallest absolute Gasteiger partial charge is 0.332 e. The number of aryl methyl sites for hydroxylation is 1. The predicted molar refractivity (Wildman–Crippen MR) is 69.0 cm³/mol. The molecule has 1 fully saturated rings. The van der Waals surface area contributed by atoms with Gasteiger partial charge in [0.15, 0.2) is 0 Å². The lowest BCUT2D eigenvalue weighted by molar-refractivity contribution is -0.385. The van der Waals surface area contributed by atoms with Crippen LogP contribution in [-0.4, -0.2) is 34.5 Å². The molecule has 1 atom stereocenters. The molecule has 0 amide bonds. The summed E-state index contributed by atoms with van der Waals surface area (Å²) >= 11 is 0. The zero-order valence-corrected chi connectivity index (χ0v) is 10.8. The fourth-order valence-corrected chi connectivity index (χ4v) is 2.33. The van der Waals surface area contributed by atoms with E-state index in [0.29, 0.717) is 17.5 Å². The van der Waals surface area contributed by atoms with Gasteiger partial charge in [-0.25, -0.2) is 4.98 Å². The Morgan fingerprint density at radius 2 is 2.22 bits per heavy atom. The van der Waals surface area contributed by atoms with Crippen LogP contribution in [0.25, 0.3) is 0 Å². The number of hydrogen-bond acceptors (Lipinski definition) is 6. The van der Waals surface area contributed by atoms with E-state index in [2.05, 4.69) is 22.2 Å². The molecule has 1 aliphatic heterocycles.